The van der Waals surface area contributed by atoms with E-state index in [1.165, 1.54) is 5.39 Å². The van der Waals surface area contributed by atoms with Gasteiger partial charge < -0.3 is 4.57 Å². The third-order valence-electron chi connectivity index (χ3n) is 3.25. The highest BCUT2D eigenvalue weighted by Gasteiger charge is 2.11. The molecule has 0 amide bonds. The topological polar surface area (TPSA) is 34.9 Å². The van der Waals surface area contributed by atoms with E-state index in [1.807, 2.05) is 25.2 Å². The van der Waals surface area contributed by atoms with Gasteiger partial charge in [-0.25, -0.2) is 4.98 Å². The number of fused-ring (bicyclic) bond motifs is 1. The molecule has 3 aromatic rings. The van der Waals surface area contributed by atoms with Crippen molar-refractivity contribution in [2.75, 3.05) is 0 Å². The quantitative estimate of drug-likeness (QED) is 0.670. The van der Waals surface area contributed by atoms with E-state index >= 15 is 0 Å². The molecule has 0 saturated carbocycles. The van der Waals surface area contributed by atoms with Crippen LogP contribution < -0.4 is 0 Å². The lowest BCUT2D eigenvalue weighted by Crippen LogP contribution is -2.10. The van der Waals surface area contributed by atoms with Crippen LogP contribution in [0.4, 0.5) is 0 Å². The second kappa shape index (κ2) is 4.69. The van der Waals surface area contributed by atoms with Crippen LogP contribution in [0.15, 0.2) is 54.9 Å². The molecule has 0 aliphatic rings. The van der Waals surface area contributed by atoms with Crippen molar-refractivity contribution in [3.05, 3.63) is 66.2 Å². The van der Waals surface area contributed by atoms with Gasteiger partial charge in [-0.3, -0.25) is 4.79 Å². The van der Waals surface area contributed by atoms with Crippen molar-refractivity contribution >= 4 is 16.6 Å². The molecule has 94 valence electrons. The van der Waals surface area contributed by atoms with Gasteiger partial charge in [0.2, 0.25) is 5.78 Å². The van der Waals surface area contributed by atoms with Crippen molar-refractivity contribution in [1.82, 2.24) is 9.55 Å². The number of carbonyl (C=O) groups excluding carboxylic acids is 1. The average molecular weight is 250 g/mol. The molecule has 0 radical (unpaired) electrons. The van der Waals surface area contributed by atoms with Crippen LogP contribution in [0.2, 0.25) is 0 Å². The number of carbonyl (C=O) groups is 1. The number of hydrogen-bond acceptors (Lipinski definition) is 2. The molecule has 3 nitrogen and oxygen atoms in total. The molecule has 0 atom stereocenters. The van der Waals surface area contributed by atoms with Gasteiger partial charge in [-0.15, -0.1) is 0 Å². The van der Waals surface area contributed by atoms with Crippen LogP contribution in [-0.4, -0.2) is 15.3 Å². The summed E-state index contributed by atoms with van der Waals surface area (Å²) < 4.78 is 1.75. The highest BCUT2D eigenvalue weighted by molar-refractivity contribution is 5.95. The summed E-state index contributed by atoms with van der Waals surface area (Å²) in [4.78, 5) is 16.2. The summed E-state index contributed by atoms with van der Waals surface area (Å²) in [7, 11) is 1.83. The van der Waals surface area contributed by atoms with E-state index in [9.17, 15) is 4.79 Å². The van der Waals surface area contributed by atoms with Crippen LogP contribution >= 0.6 is 0 Å². The zero-order valence-corrected chi connectivity index (χ0v) is 10.7. The standard InChI is InChI=1S/C16H14N2O/c1-18-9-8-17-16(18)15(19)11-12-6-7-13-4-2-3-5-14(13)10-12/h2-10H,11H2,1H3. The molecule has 0 saturated heterocycles. The molecule has 1 aromatic heterocycles. The lowest BCUT2D eigenvalue weighted by atomic mass is 10.0. The highest BCUT2D eigenvalue weighted by Crippen LogP contribution is 2.16. The van der Waals surface area contributed by atoms with E-state index in [2.05, 4.69) is 29.2 Å². The number of hydrogen-bond donors (Lipinski definition) is 0. The highest BCUT2D eigenvalue weighted by atomic mass is 16.1. The SMILES string of the molecule is Cn1ccnc1C(=O)Cc1ccc2ccccc2c1. The minimum Gasteiger partial charge on any atom is -0.332 e. The summed E-state index contributed by atoms with van der Waals surface area (Å²) in [6.07, 6.45) is 3.82. The summed E-state index contributed by atoms with van der Waals surface area (Å²) in [6, 6.07) is 14.3. The Labute approximate surface area is 111 Å². The Morgan fingerprint density at radius 3 is 2.68 bits per heavy atom. The van der Waals surface area contributed by atoms with Crippen molar-refractivity contribution in [2.45, 2.75) is 6.42 Å². The Morgan fingerprint density at radius 2 is 1.95 bits per heavy atom. The summed E-state index contributed by atoms with van der Waals surface area (Å²) in [5.74, 6) is 0.552. The number of aromatic nitrogens is 2. The van der Waals surface area contributed by atoms with E-state index in [0.29, 0.717) is 12.2 Å². The fourth-order valence-corrected chi connectivity index (χ4v) is 2.25. The zero-order chi connectivity index (χ0) is 13.2. The molecular weight excluding hydrogens is 236 g/mol. The maximum absolute atomic E-state index is 12.1. The molecule has 0 unspecified atom stereocenters. The lowest BCUT2D eigenvalue weighted by molar-refractivity contribution is 0.0980. The van der Waals surface area contributed by atoms with Crippen LogP contribution in [0.3, 0.4) is 0 Å². The van der Waals surface area contributed by atoms with Gasteiger partial charge in [0.1, 0.15) is 0 Å². The fraction of sp³-hybridized carbons (Fsp3) is 0.125. The monoisotopic (exact) mass is 250 g/mol. The molecule has 0 bridgehead atoms. The van der Waals surface area contributed by atoms with Crippen LogP contribution in [0.25, 0.3) is 10.8 Å². The number of imidazole rings is 1. The first kappa shape index (κ1) is 11.7. The maximum atomic E-state index is 12.1. The predicted octanol–water partition coefficient (Wildman–Crippen LogP) is 3.00. The average Bonchev–Trinajstić information content (AvgIpc) is 2.85. The number of benzene rings is 2. The van der Waals surface area contributed by atoms with Crippen LogP contribution in [0.5, 0.6) is 0 Å². The first-order valence-electron chi connectivity index (χ1n) is 6.22. The zero-order valence-electron chi connectivity index (χ0n) is 10.7. The van der Waals surface area contributed by atoms with Gasteiger partial charge in [-0.1, -0.05) is 42.5 Å². The normalized spacial score (nSPS) is 10.8. The Bertz CT molecular complexity index is 743. The van der Waals surface area contributed by atoms with E-state index in [1.54, 1.807) is 17.0 Å². The van der Waals surface area contributed by atoms with Crippen LogP contribution in [0, 0.1) is 0 Å². The molecule has 0 aliphatic heterocycles. The number of aryl methyl sites for hydroxylation is 1. The smallest absolute Gasteiger partial charge is 0.202 e. The molecule has 0 spiro atoms. The summed E-state index contributed by atoms with van der Waals surface area (Å²) in [6.45, 7) is 0. The van der Waals surface area contributed by atoms with Crippen molar-refractivity contribution in [1.29, 1.82) is 0 Å². The molecule has 0 fully saturated rings. The van der Waals surface area contributed by atoms with Crippen molar-refractivity contribution in [2.24, 2.45) is 7.05 Å². The number of rotatable bonds is 3. The van der Waals surface area contributed by atoms with Gasteiger partial charge in [0.05, 0.1) is 0 Å². The number of nitrogens with zero attached hydrogens (tertiary/aromatic N) is 2. The van der Waals surface area contributed by atoms with Crippen molar-refractivity contribution in [3.8, 4) is 0 Å². The van der Waals surface area contributed by atoms with E-state index < -0.39 is 0 Å². The second-order valence-electron chi connectivity index (χ2n) is 4.64. The summed E-state index contributed by atoms with van der Waals surface area (Å²) >= 11 is 0. The van der Waals surface area contributed by atoms with Crippen molar-refractivity contribution in [3.63, 3.8) is 0 Å². The Balaban J connectivity index is 1.89. The number of ketones is 1. The third-order valence-corrected chi connectivity index (χ3v) is 3.25. The molecular formula is C16H14N2O. The molecule has 3 rings (SSSR count). The van der Waals surface area contributed by atoms with E-state index in [0.717, 1.165) is 10.9 Å². The van der Waals surface area contributed by atoms with Gasteiger partial charge in [-0.2, -0.15) is 0 Å². The van der Waals surface area contributed by atoms with Gasteiger partial charge in [0, 0.05) is 25.9 Å². The van der Waals surface area contributed by atoms with Gasteiger partial charge in [0.15, 0.2) is 5.82 Å². The lowest BCUT2D eigenvalue weighted by Gasteiger charge is -2.04. The minimum atomic E-state index is 0.0442. The second-order valence-corrected chi connectivity index (χ2v) is 4.64. The first-order valence-corrected chi connectivity index (χ1v) is 6.22. The molecule has 19 heavy (non-hydrogen) atoms. The van der Waals surface area contributed by atoms with Gasteiger partial charge in [-0.05, 0) is 16.3 Å². The predicted molar refractivity (Wildman–Crippen MR) is 75.2 cm³/mol. The van der Waals surface area contributed by atoms with E-state index in [4.69, 9.17) is 0 Å². The Kier molecular flexibility index (Phi) is 2.88. The fourth-order valence-electron chi connectivity index (χ4n) is 2.25. The summed E-state index contributed by atoms with van der Waals surface area (Å²) in [5.41, 5.74) is 1.02. The molecule has 1 heterocycles. The van der Waals surface area contributed by atoms with E-state index in [-0.39, 0.29) is 5.78 Å². The molecule has 2 aromatic carbocycles. The molecule has 0 aliphatic carbocycles. The first-order chi connectivity index (χ1) is 9.24. The van der Waals surface area contributed by atoms with Gasteiger partial charge >= 0.3 is 0 Å². The Hall–Kier alpha value is -2.42. The van der Waals surface area contributed by atoms with Crippen LogP contribution in [0.1, 0.15) is 16.2 Å². The van der Waals surface area contributed by atoms with Crippen LogP contribution in [-0.2, 0) is 13.5 Å². The minimum absolute atomic E-state index is 0.0442. The molecule has 3 heteroatoms. The van der Waals surface area contributed by atoms with Crippen molar-refractivity contribution < 1.29 is 4.79 Å². The maximum Gasteiger partial charge on any atom is 0.202 e. The molecule has 0 N–H and O–H groups in total. The van der Waals surface area contributed by atoms with Gasteiger partial charge in [0.25, 0.3) is 0 Å². The summed E-state index contributed by atoms with van der Waals surface area (Å²) in [5, 5.41) is 2.35. The Morgan fingerprint density at radius 1 is 1.16 bits per heavy atom. The third kappa shape index (κ3) is 2.27. The largest absolute Gasteiger partial charge is 0.332 e. The number of Topliss-reactive ketones (excluding diaryl/α,β-unsaturated/α-hetero) is 1.